The molecule has 0 radical (unpaired) electrons. The number of hydrogen-bond acceptors (Lipinski definition) is 5. The second-order valence-corrected chi connectivity index (χ2v) is 5.50. The average molecular weight is 322 g/mol. The van der Waals surface area contributed by atoms with E-state index in [0.717, 1.165) is 18.5 Å². The first-order valence-corrected chi connectivity index (χ1v) is 7.46. The molecule has 0 saturated heterocycles. The van der Waals surface area contributed by atoms with E-state index in [4.69, 9.17) is 26.8 Å². The molecular weight excluding hydrogens is 306 g/mol. The van der Waals surface area contributed by atoms with Crippen molar-refractivity contribution in [1.82, 2.24) is 10.2 Å². The standard InChI is InChI=1S/C15H16ClN3O3/c1-2-21-15(20)13-14(12(18-19-13)8-3-4-8)22-9-5-6-11(17)10(16)7-9/h5-8H,2-4,17H2,1H3,(H,18,19). The van der Waals surface area contributed by atoms with Gasteiger partial charge >= 0.3 is 5.97 Å². The molecule has 3 N–H and O–H groups in total. The van der Waals surface area contributed by atoms with Crippen molar-refractivity contribution in [3.63, 3.8) is 0 Å². The summed E-state index contributed by atoms with van der Waals surface area (Å²) in [6, 6.07) is 4.95. The topological polar surface area (TPSA) is 90.2 Å². The third-order valence-electron chi connectivity index (χ3n) is 3.38. The number of aromatic amines is 1. The zero-order valence-corrected chi connectivity index (χ0v) is 12.8. The number of aromatic nitrogens is 2. The predicted molar refractivity (Wildman–Crippen MR) is 82.5 cm³/mol. The van der Waals surface area contributed by atoms with Crippen LogP contribution in [0.4, 0.5) is 5.69 Å². The molecule has 1 fully saturated rings. The number of benzene rings is 1. The van der Waals surface area contributed by atoms with Crippen LogP contribution >= 0.6 is 11.6 Å². The Kier molecular flexibility index (Phi) is 3.94. The Morgan fingerprint density at radius 3 is 2.91 bits per heavy atom. The average Bonchev–Trinajstić information content (AvgIpc) is 3.24. The minimum absolute atomic E-state index is 0.219. The number of hydrogen-bond donors (Lipinski definition) is 2. The van der Waals surface area contributed by atoms with Gasteiger partial charge in [-0.15, -0.1) is 0 Å². The van der Waals surface area contributed by atoms with E-state index >= 15 is 0 Å². The quantitative estimate of drug-likeness (QED) is 0.650. The van der Waals surface area contributed by atoms with Gasteiger partial charge in [-0.2, -0.15) is 5.10 Å². The molecule has 7 heteroatoms. The first kappa shape index (κ1) is 14.7. The molecular formula is C15H16ClN3O3. The third kappa shape index (κ3) is 2.87. The largest absolute Gasteiger partial charge is 0.461 e. The number of halogens is 1. The Morgan fingerprint density at radius 2 is 2.27 bits per heavy atom. The first-order valence-electron chi connectivity index (χ1n) is 7.08. The molecule has 0 spiro atoms. The summed E-state index contributed by atoms with van der Waals surface area (Å²) < 4.78 is 10.9. The van der Waals surface area contributed by atoms with Crippen molar-refractivity contribution in [2.24, 2.45) is 0 Å². The summed E-state index contributed by atoms with van der Waals surface area (Å²) in [4.78, 5) is 12.0. The molecule has 1 aliphatic carbocycles. The summed E-state index contributed by atoms with van der Waals surface area (Å²) >= 11 is 6.00. The Morgan fingerprint density at radius 1 is 1.50 bits per heavy atom. The maximum absolute atomic E-state index is 12.0. The highest BCUT2D eigenvalue weighted by molar-refractivity contribution is 6.33. The number of nitrogens with one attached hydrogen (secondary N) is 1. The number of carbonyl (C=O) groups is 1. The summed E-state index contributed by atoms with van der Waals surface area (Å²) in [5.41, 5.74) is 7.12. The fourth-order valence-corrected chi connectivity index (χ4v) is 2.28. The molecule has 0 amide bonds. The van der Waals surface area contributed by atoms with Crippen LogP contribution in [0.25, 0.3) is 0 Å². The van der Waals surface area contributed by atoms with Gasteiger partial charge in [0.05, 0.1) is 17.3 Å². The highest BCUT2D eigenvalue weighted by Crippen LogP contribution is 2.45. The Bertz CT molecular complexity index is 710. The highest BCUT2D eigenvalue weighted by Gasteiger charge is 2.33. The molecule has 0 atom stereocenters. The molecule has 0 aliphatic heterocycles. The van der Waals surface area contributed by atoms with E-state index in [2.05, 4.69) is 10.2 Å². The zero-order valence-electron chi connectivity index (χ0n) is 12.1. The molecule has 116 valence electrons. The number of nitrogens with two attached hydrogens (primary N) is 1. The number of nitrogens with zero attached hydrogens (tertiary/aromatic N) is 1. The van der Waals surface area contributed by atoms with Gasteiger partial charge < -0.3 is 15.2 Å². The van der Waals surface area contributed by atoms with Gasteiger partial charge in [-0.1, -0.05) is 11.6 Å². The second-order valence-electron chi connectivity index (χ2n) is 5.09. The lowest BCUT2D eigenvalue weighted by Gasteiger charge is -2.09. The van der Waals surface area contributed by atoms with Crippen molar-refractivity contribution in [3.8, 4) is 11.5 Å². The van der Waals surface area contributed by atoms with E-state index in [9.17, 15) is 4.79 Å². The van der Waals surface area contributed by atoms with Gasteiger partial charge in [0, 0.05) is 12.0 Å². The van der Waals surface area contributed by atoms with Crippen LogP contribution in [0.1, 0.15) is 41.9 Å². The lowest BCUT2D eigenvalue weighted by Crippen LogP contribution is -2.06. The van der Waals surface area contributed by atoms with E-state index in [1.807, 2.05) is 0 Å². The summed E-state index contributed by atoms with van der Waals surface area (Å²) in [6.45, 7) is 2.03. The van der Waals surface area contributed by atoms with Crippen LogP contribution < -0.4 is 10.5 Å². The highest BCUT2D eigenvalue weighted by atomic mass is 35.5. The fourth-order valence-electron chi connectivity index (χ4n) is 2.11. The molecule has 2 aromatic rings. The van der Waals surface area contributed by atoms with Crippen LogP contribution in [0.5, 0.6) is 11.5 Å². The maximum Gasteiger partial charge on any atom is 0.360 e. The predicted octanol–water partition coefficient (Wildman–Crippen LogP) is 3.49. The Hall–Kier alpha value is -2.21. The van der Waals surface area contributed by atoms with Gasteiger partial charge in [0.1, 0.15) is 11.4 Å². The van der Waals surface area contributed by atoms with Crippen LogP contribution in [0.15, 0.2) is 18.2 Å². The fraction of sp³-hybridized carbons (Fsp3) is 0.333. The molecule has 22 heavy (non-hydrogen) atoms. The molecule has 0 unspecified atom stereocenters. The zero-order chi connectivity index (χ0) is 15.7. The molecule has 1 aromatic carbocycles. The summed E-state index contributed by atoms with van der Waals surface area (Å²) in [5, 5.41) is 7.32. The molecule has 1 heterocycles. The molecule has 0 bridgehead atoms. The lowest BCUT2D eigenvalue weighted by atomic mass is 10.2. The van der Waals surface area contributed by atoms with Crippen molar-refractivity contribution < 1.29 is 14.3 Å². The Labute approximate surface area is 132 Å². The lowest BCUT2D eigenvalue weighted by molar-refractivity contribution is 0.0516. The smallest absolute Gasteiger partial charge is 0.360 e. The van der Waals surface area contributed by atoms with Crippen LogP contribution in [-0.2, 0) is 4.74 Å². The molecule has 3 rings (SSSR count). The van der Waals surface area contributed by atoms with Crippen molar-refractivity contribution >= 4 is 23.3 Å². The number of nitrogen functional groups attached to an aromatic ring is 1. The molecule has 1 saturated carbocycles. The van der Waals surface area contributed by atoms with Crippen molar-refractivity contribution in [2.45, 2.75) is 25.7 Å². The second kappa shape index (κ2) is 5.88. The van der Waals surface area contributed by atoms with Crippen LogP contribution in [0.3, 0.4) is 0 Å². The van der Waals surface area contributed by atoms with E-state index in [1.165, 1.54) is 0 Å². The minimum Gasteiger partial charge on any atom is -0.461 e. The van der Waals surface area contributed by atoms with Gasteiger partial charge in [0.25, 0.3) is 0 Å². The number of esters is 1. The van der Waals surface area contributed by atoms with Gasteiger partial charge in [-0.25, -0.2) is 4.79 Å². The van der Waals surface area contributed by atoms with Gasteiger partial charge in [0.15, 0.2) is 11.4 Å². The van der Waals surface area contributed by atoms with Gasteiger partial charge in [-0.05, 0) is 31.9 Å². The van der Waals surface area contributed by atoms with E-state index in [0.29, 0.717) is 28.1 Å². The van der Waals surface area contributed by atoms with E-state index < -0.39 is 5.97 Å². The number of anilines is 1. The third-order valence-corrected chi connectivity index (χ3v) is 3.71. The SMILES string of the molecule is CCOC(=O)c1[nH]nc(C2CC2)c1Oc1ccc(N)c(Cl)c1. The molecule has 1 aromatic heterocycles. The molecule has 1 aliphatic rings. The summed E-state index contributed by atoms with van der Waals surface area (Å²) in [6.07, 6.45) is 2.07. The summed E-state index contributed by atoms with van der Waals surface area (Å²) in [5.74, 6) is 0.729. The number of H-pyrrole nitrogens is 1. The van der Waals surface area contributed by atoms with Crippen molar-refractivity contribution in [2.75, 3.05) is 12.3 Å². The van der Waals surface area contributed by atoms with Crippen molar-refractivity contribution in [3.05, 3.63) is 34.6 Å². The van der Waals surface area contributed by atoms with E-state index in [-0.39, 0.29) is 12.3 Å². The first-order chi connectivity index (χ1) is 10.6. The number of carbonyl (C=O) groups excluding carboxylic acids is 1. The Balaban J connectivity index is 1.94. The van der Waals surface area contributed by atoms with E-state index in [1.54, 1.807) is 25.1 Å². The van der Waals surface area contributed by atoms with Gasteiger partial charge in [0.2, 0.25) is 0 Å². The maximum atomic E-state index is 12.0. The van der Waals surface area contributed by atoms with Gasteiger partial charge in [-0.3, -0.25) is 5.10 Å². The monoisotopic (exact) mass is 321 g/mol. The normalized spacial score (nSPS) is 13.9. The number of ether oxygens (including phenoxy) is 2. The van der Waals surface area contributed by atoms with Crippen LogP contribution in [0.2, 0.25) is 5.02 Å². The summed E-state index contributed by atoms with van der Waals surface area (Å²) in [7, 11) is 0. The van der Waals surface area contributed by atoms with Crippen molar-refractivity contribution in [1.29, 1.82) is 0 Å². The van der Waals surface area contributed by atoms with Crippen LogP contribution in [-0.4, -0.2) is 22.8 Å². The van der Waals surface area contributed by atoms with Crippen LogP contribution in [0, 0.1) is 0 Å². The minimum atomic E-state index is -0.488. The number of rotatable bonds is 5. The molecule has 6 nitrogen and oxygen atoms in total.